The third-order valence-electron chi connectivity index (χ3n) is 2.47. The topological polar surface area (TPSA) is 29.1 Å². The molecular formula is C11H22INO. The number of carbonyl (C=O) groups is 1. The Morgan fingerprint density at radius 2 is 1.86 bits per heavy atom. The van der Waals surface area contributed by atoms with Gasteiger partial charge in [0.25, 0.3) is 0 Å². The number of alkyl halides is 1. The van der Waals surface area contributed by atoms with Crippen LogP contribution in [0.1, 0.15) is 46.0 Å². The van der Waals surface area contributed by atoms with E-state index in [1.807, 2.05) is 0 Å². The highest BCUT2D eigenvalue weighted by molar-refractivity contribution is 14.1. The molecule has 0 heterocycles. The Hall–Kier alpha value is 0.200. The molecule has 84 valence electrons. The molecule has 0 bridgehead atoms. The molecule has 0 rings (SSSR count). The lowest BCUT2D eigenvalue weighted by Gasteiger charge is -2.12. The van der Waals surface area contributed by atoms with Crippen molar-refractivity contribution in [3.63, 3.8) is 0 Å². The zero-order valence-corrected chi connectivity index (χ0v) is 11.5. The Kier molecular flexibility index (Phi) is 9.88. The summed E-state index contributed by atoms with van der Waals surface area (Å²) in [7, 11) is 0. The van der Waals surface area contributed by atoms with Crippen molar-refractivity contribution < 1.29 is 4.79 Å². The second kappa shape index (κ2) is 9.74. The van der Waals surface area contributed by atoms with Crippen molar-refractivity contribution >= 4 is 28.5 Å². The van der Waals surface area contributed by atoms with E-state index in [-0.39, 0.29) is 11.8 Å². The van der Waals surface area contributed by atoms with E-state index in [1.54, 1.807) is 0 Å². The van der Waals surface area contributed by atoms with Crippen LogP contribution in [0.5, 0.6) is 0 Å². The molecule has 2 nitrogen and oxygen atoms in total. The molecule has 0 aliphatic carbocycles. The summed E-state index contributed by atoms with van der Waals surface area (Å²) < 4.78 is 1.22. The lowest BCUT2D eigenvalue weighted by molar-refractivity contribution is -0.125. The molecule has 0 saturated heterocycles. The molecule has 0 aromatic heterocycles. The molecule has 0 atom stereocenters. The average Bonchev–Trinajstić information content (AvgIpc) is 2.19. The largest absolute Gasteiger partial charge is 0.356 e. The van der Waals surface area contributed by atoms with Gasteiger partial charge in [-0.15, -0.1) is 0 Å². The predicted molar refractivity (Wildman–Crippen MR) is 69.8 cm³/mol. The summed E-state index contributed by atoms with van der Waals surface area (Å²) >= 11 is 2.39. The van der Waals surface area contributed by atoms with Crippen molar-refractivity contribution in [2.24, 2.45) is 5.92 Å². The first-order valence-electron chi connectivity index (χ1n) is 5.59. The van der Waals surface area contributed by atoms with Crippen LogP contribution in [0.3, 0.4) is 0 Å². The van der Waals surface area contributed by atoms with E-state index in [2.05, 4.69) is 41.8 Å². The van der Waals surface area contributed by atoms with Crippen molar-refractivity contribution in [3.05, 3.63) is 0 Å². The highest BCUT2D eigenvalue weighted by Gasteiger charge is 2.12. The van der Waals surface area contributed by atoms with Gasteiger partial charge in [0, 0.05) is 12.5 Å². The van der Waals surface area contributed by atoms with Gasteiger partial charge in [-0.2, -0.15) is 0 Å². The maximum atomic E-state index is 11.5. The van der Waals surface area contributed by atoms with Gasteiger partial charge in [0.15, 0.2) is 0 Å². The first-order valence-corrected chi connectivity index (χ1v) is 7.12. The van der Waals surface area contributed by atoms with Crippen molar-refractivity contribution in [3.8, 4) is 0 Å². The number of hydrogen-bond donors (Lipinski definition) is 1. The van der Waals surface area contributed by atoms with Gasteiger partial charge in [-0.05, 0) is 30.1 Å². The molecule has 1 amide bonds. The van der Waals surface area contributed by atoms with Gasteiger partial charge in [0.05, 0.1) is 0 Å². The van der Waals surface area contributed by atoms with Gasteiger partial charge < -0.3 is 5.32 Å². The van der Waals surface area contributed by atoms with Gasteiger partial charge in [0.1, 0.15) is 0 Å². The first-order chi connectivity index (χ1) is 6.76. The molecule has 1 N–H and O–H groups in total. The lowest BCUT2D eigenvalue weighted by atomic mass is 10.0. The minimum atomic E-state index is 0.222. The molecule has 0 aromatic carbocycles. The van der Waals surface area contributed by atoms with Crippen LogP contribution >= 0.6 is 22.6 Å². The zero-order chi connectivity index (χ0) is 10.8. The second-order valence-corrected chi connectivity index (χ2v) is 4.63. The van der Waals surface area contributed by atoms with Crippen LogP contribution in [-0.2, 0) is 4.79 Å². The molecule has 14 heavy (non-hydrogen) atoms. The molecular weight excluding hydrogens is 289 g/mol. The zero-order valence-electron chi connectivity index (χ0n) is 9.31. The van der Waals surface area contributed by atoms with Crippen molar-refractivity contribution in [2.45, 2.75) is 46.0 Å². The Morgan fingerprint density at radius 3 is 2.36 bits per heavy atom. The van der Waals surface area contributed by atoms with Gasteiger partial charge in [-0.1, -0.05) is 42.9 Å². The summed E-state index contributed by atoms with van der Waals surface area (Å²) in [5.74, 6) is 0.462. The first kappa shape index (κ1) is 14.2. The van der Waals surface area contributed by atoms with E-state index in [1.165, 1.54) is 17.3 Å². The van der Waals surface area contributed by atoms with E-state index >= 15 is 0 Å². The standard InChI is InChI=1S/C11H22INO/c1-3-10(4-2)11(14)13-9-7-5-6-8-12/h10H,3-9H2,1-2H3,(H,13,14). The fourth-order valence-corrected chi connectivity index (χ4v) is 1.95. The van der Waals surface area contributed by atoms with Crippen LogP contribution in [-0.4, -0.2) is 16.9 Å². The molecule has 3 heteroatoms. The number of carbonyl (C=O) groups excluding carboxylic acids is 1. The summed E-state index contributed by atoms with van der Waals surface area (Å²) in [6.45, 7) is 5.00. The van der Waals surface area contributed by atoms with E-state index in [9.17, 15) is 4.79 Å². The van der Waals surface area contributed by atoms with Crippen molar-refractivity contribution in [2.75, 3.05) is 11.0 Å². The number of nitrogens with one attached hydrogen (secondary N) is 1. The Bertz CT molecular complexity index is 146. The highest BCUT2D eigenvalue weighted by atomic mass is 127. The Labute approximate surface area is 101 Å². The number of unbranched alkanes of at least 4 members (excludes halogenated alkanes) is 2. The fourth-order valence-electron chi connectivity index (χ4n) is 1.41. The van der Waals surface area contributed by atoms with Crippen LogP contribution in [0.2, 0.25) is 0 Å². The van der Waals surface area contributed by atoms with Crippen LogP contribution in [0.4, 0.5) is 0 Å². The van der Waals surface area contributed by atoms with E-state index < -0.39 is 0 Å². The van der Waals surface area contributed by atoms with Crippen LogP contribution in [0.25, 0.3) is 0 Å². The van der Waals surface area contributed by atoms with Gasteiger partial charge in [0.2, 0.25) is 5.91 Å². The molecule has 0 radical (unpaired) electrons. The number of hydrogen-bond acceptors (Lipinski definition) is 1. The molecule has 0 fully saturated rings. The number of rotatable bonds is 8. The number of amides is 1. The number of halogens is 1. The Morgan fingerprint density at radius 1 is 1.21 bits per heavy atom. The summed E-state index contributed by atoms with van der Waals surface area (Å²) in [5.41, 5.74) is 0. The SMILES string of the molecule is CCC(CC)C(=O)NCCCCCI. The van der Waals surface area contributed by atoms with E-state index in [0.29, 0.717) is 0 Å². The molecule has 0 spiro atoms. The summed E-state index contributed by atoms with van der Waals surface area (Å²) in [5, 5.41) is 3.00. The monoisotopic (exact) mass is 311 g/mol. The molecule has 0 saturated carbocycles. The molecule has 0 unspecified atom stereocenters. The second-order valence-electron chi connectivity index (χ2n) is 3.55. The fraction of sp³-hybridized carbons (Fsp3) is 0.909. The predicted octanol–water partition coefficient (Wildman–Crippen LogP) is 3.14. The minimum Gasteiger partial charge on any atom is -0.356 e. The summed E-state index contributed by atoms with van der Waals surface area (Å²) in [6, 6.07) is 0. The van der Waals surface area contributed by atoms with E-state index in [4.69, 9.17) is 0 Å². The quantitative estimate of drug-likeness (QED) is 0.416. The van der Waals surface area contributed by atoms with Crippen molar-refractivity contribution in [1.82, 2.24) is 5.32 Å². The lowest BCUT2D eigenvalue weighted by Crippen LogP contribution is -2.30. The third kappa shape index (κ3) is 6.62. The third-order valence-corrected chi connectivity index (χ3v) is 3.23. The normalized spacial score (nSPS) is 10.6. The maximum Gasteiger partial charge on any atom is 0.223 e. The molecule has 0 aromatic rings. The van der Waals surface area contributed by atoms with Crippen molar-refractivity contribution in [1.29, 1.82) is 0 Å². The minimum absolute atomic E-state index is 0.222. The summed E-state index contributed by atoms with van der Waals surface area (Å²) in [4.78, 5) is 11.5. The summed E-state index contributed by atoms with van der Waals surface area (Å²) in [6.07, 6.45) is 5.52. The van der Waals surface area contributed by atoms with Crippen LogP contribution in [0, 0.1) is 5.92 Å². The maximum absolute atomic E-state index is 11.5. The Balaban J connectivity index is 3.43. The molecule has 0 aliphatic rings. The highest BCUT2D eigenvalue weighted by Crippen LogP contribution is 2.07. The van der Waals surface area contributed by atoms with Crippen LogP contribution in [0.15, 0.2) is 0 Å². The van der Waals surface area contributed by atoms with E-state index in [0.717, 1.165) is 25.8 Å². The molecule has 0 aliphatic heterocycles. The van der Waals surface area contributed by atoms with Gasteiger partial charge in [-0.25, -0.2) is 0 Å². The van der Waals surface area contributed by atoms with Crippen LogP contribution < -0.4 is 5.32 Å². The van der Waals surface area contributed by atoms with Gasteiger partial charge >= 0.3 is 0 Å². The average molecular weight is 311 g/mol. The smallest absolute Gasteiger partial charge is 0.223 e. The van der Waals surface area contributed by atoms with Gasteiger partial charge in [-0.3, -0.25) is 4.79 Å².